The Hall–Kier alpha value is -1.17. The topological polar surface area (TPSA) is 64.4 Å². The van der Waals surface area contributed by atoms with Crippen molar-refractivity contribution in [2.45, 2.75) is 38.1 Å². The highest BCUT2D eigenvalue weighted by Gasteiger charge is 2.29. The molecule has 23 heavy (non-hydrogen) atoms. The first-order valence-corrected chi connectivity index (χ1v) is 7.78. The van der Waals surface area contributed by atoms with Crippen molar-refractivity contribution < 1.29 is 13.9 Å². The zero-order valence-electron chi connectivity index (χ0n) is 13.7. The van der Waals surface area contributed by atoms with Gasteiger partial charge in [-0.1, -0.05) is 32.0 Å². The van der Waals surface area contributed by atoms with Gasteiger partial charge >= 0.3 is 0 Å². The van der Waals surface area contributed by atoms with Crippen LogP contribution in [0.5, 0.6) is 0 Å². The average Bonchev–Trinajstić information content (AvgIpc) is 2.53. The Labute approximate surface area is 143 Å². The van der Waals surface area contributed by atoms with Gasteiger partial charge in [-0.2, -0.15) is 0 Å². The Morgan fingerprint density at radius 2 is 2.00 bits per heavy atom. The molecule has 2 rings (SSSR count). The summed E-state index contributed by atoms with van der Waals surface area (Å²) in [7, 11) is 0. The van der Waals surface area contributed by atoms with Crippen molar-refractivity contribution in [1.82, 2.24) is 5.32 Å². The largest absolute Gasteiger partial charge is 0.381 e. The monoisotopic (exact) mass is 344 g/mol. The quantitative estimate of drug-likeness (QED) is 0.862. The number of nitrogens with two attached hydrogens (primary N) is 1. The van der Waals surface area contributed by atoms with E-state index in [1.165, 1.54) is 6.07 Å². The lowest BCUT2D eigenvalue weighted by molar-refractivity contribution is -0.124. The van der Waals surface area contributed by atoms with E-state index in [1.54, 1.807) is 18.2 Å². The lowest BCUT2D eigenvalue weighted by Gasteiger charge is -2.30. The minimum absolute atomic E-state index is 0. The second kappa shape index (κ2) is 8.62. The molecule has 1 heterocycles. The number of ether oxygens (including phenoxy) is 1. The van der Waals surface area contributed by atoms with E-state index in [-0.39, 0.29) is 30.0 Å². The molecule has 1 aliphatic rings. The highest BCUT2D eigenvalue weighted by molar-refractivity contribution is 5.85. The minimum Gasteiger partial charge on any atom is -0.381 e. The van der Waals surface area contributed by atoms with E-state index in [9.17, 15) is 9.18 Å². The zero-order chi connectivity index (χ0) is 16.2. The van der Waals surface area contributed by atoms with Gasteiger partial charge in [0.2, 0.25) is 5.91 Å². The molecule has 0 spiro atoms. The molecule has 3 N–H and O–H groups in total. The van der Waals surface area contributed by atoms with Crippen molar-refractivity contribution in [3.8, 4) is 0 Å². The molecule has 1 saturated heterocycles. The molecule has 1 amide bonds. The second-order valence-corrected chi connectivity index (χ2v) is 6.56. The lowest BCUT2D eigenvalue weighted by atomic mass is 9.84. The third-order valence-electron chi connectivity index (χ3n) is 4.38. The molecule has 0 aromatic heterocycles. The molecule has 1 atom stereocenters. The molecule has 1 aromatic rings. The Morgan fingerprint density at radius 3 is 2.61 bits per heavy atom. The molecule has 0 saturated carbocycles. The summed E-state index contributed by atoms with van der Waals surface area (Å²) >= 11 is 0. The molecule has 6 heteroatoms. The van der Waals surface area contributed by atoms with E-state index >= 15 is 0 Å². The van der Waals surface area contributed by atoms with Crippen molar-refractivity contribution >= 4 is 18.3 Å². The Bertz CT molecular complexity index is 519. The molecule has 1 unspecified atom stereocenters. The van der Waals surface area contributed by atoms with Crippen LogP contribution in [0.4, 0.5) is 4.39 Å². The maximum atomic E-state index is 13.9. The first-order chi connectivity index (χ1) is 10.4. The van der Waals surface area contributed by atoms with Crippen LogP contribution in [0.25, 0.3) is 0 Å². The van der Waals surface area contributed by atoms with Crippen molar-refractivity contribution in [3.05, 3.63) is 35.6 Å². The summed E-state index contributed by atoms with van der Waals surface area (Å²) in [6.45, 7) is 5.49. The molecular formula is C17H26ClFN2O2. The SMILES string of the molecule is CC(C)(CNC(=O)C(N)C1CCOCC1)c1ccccc1F.Cl. The molecule has 0 bridgehead atoms. The summed E-state index contributed by atoms with van der Waals surface area (Å²) in [4.78, 5) is 12.2. The average molecular weight is 345 g/mol. The van der Waals surface area contributed by atoms with E-state index in [1.807, 2.05) is 13.8 Å². The normalized spacial score (nSPS) is 17.2. The smallest absolute Gasteiger partial charge is 0.237 e. The number of amides is 1. The van der Waals surface area contributed by atoms with E-state index < -0.39 is 11.5 Å². The summed E-state index contributed by atoms with van der Waals surface area (Å²) in [5.41, 5.74) is 6.15. The number of hydrogen-bond donors (Lipinski definition) is 2. The molecule has 1 aromatic carbocycles. The van der Waals surface area contributed by atoms with Crippen LogP contribution in [0.15, 0.2) is 24.3 Å². The Kier molecular flexibility index (Phi) is 7.45. The van der Waals surface area contributed by atoms with E-state index in [0.29, 0.717) is 25.3 Å². The van der Waals surface area contributed by atoms with Crippen LogP contribution in [0.1, 0.15) is 32.3 Å². The predicted molar refractivity (Wildman–Crippen MR) is 91.2 cm³/mol. The predicted octanol–water partition coefficient (Wildman–Crippen LogP) is 2.40. The van der Waals surface area contributed by atoms with Gasteiger partial charge in [0.1, 0.15) is 5.82 Å². The lowest BCUT2D eigenvalue weighted by Crippen LogP contribution is -2.49. The molecule has 4 nitrogen and oxygen atoms in total. The van der Waals surface area contributed by atoms with Crippen LogP contribution in [0, 0.1) is 11.7 Å². The Balaban J connectivity index is 0.00000264. The number of halogens is 2. The number of nitrogens with one attached hydrogen (secondary N) is 1. The highest BCUT2D eigenvalue weighted by atomic mass is 35.5. The van der Waals surface area contributed by atoms with Crippen LogP contribution >= 0.6 is 12.4 Å². The van der Waals surface area contributed by atoms with Gasteiger partial charge in [0, 0.05) is 25.2 Å². The maximum Gasteiger partial charge on any atom is 0.237 e. The van der Waals surface area contributed by atoms with Crippen LogP contribution in [0.3, 0.4) is 0 Å². The van der Waals surface area contributed by atoms with Crippen molar-refractivity contribution in [1.29, 1.82) is 0 Å². The van der Waals surface area contributed by atoms with Gasteiger partial charge < -0.3 is 15.8 Å². The van der Waals surface area contributed by atoms with Gasteiger partial charge in [-0.15, -0.1) is 12.4 Å². The first kappa shape index (κ1) is 19.9. The minimum atomic E-state index is -0.527. The fourth-order valence-electron chi connectivity index (χ4n) is 2.82. The summed E-state index contributed by atoms with van der Waals surface area (Å²) in [5.74, 6) is -0.267. The number of carbonyl (C=O) groups excluding carboxylic acids is 1. The summed E-state index contributed by atoms with van der Waals surface area (Å²) in [6.07, 6.45) is 1.62. The molecule has 130 valence electrons. The van der Waals surface area contributed by atoms with E-state index in [2.05, 4.69) is 5.32 Å². The van der Waals surface area contributed by atoms with Gasteiger partial charge in [0.25, 0.3) is 0 Å². The van der Waals surface area contributed by atoms with E-state index in [4.69, 9.17) is 10.5 Å². The molecule has 1 aliphatic heterocycles. The third kappa shape index (κ3) is 5.16. The van der Waals surface area contributed by atoms with Gasteiger partial charge in [-0.05, 0) is 30.4 Å². The van der Waals surface area contributed by atoms with Gasteiger partial charge in [0.05, 0.1) is 6.04 Å². The van der Waals surface area contributed by atoms with Crippen LogP contribution in [0.2, 0.25) is 0 Å². The highest BCUT2D eigenvalue weighted by Crippen LogP contribution is 2.25. The fraction of sp³-hybridized carbons (Fsp3) is 0.588. The summed E-state index contributed by atoms with van der Waals surface area (Å²) in [6, 6.07) is 6.12. The van der Waals surface area contributed by atoms with Crippen LogP contribution in [-0.4, -0.2) is 31.7 Å². The van der Waals surface area contributed by atoms with Crippen LogP contribution in [-0.2, 0) is 14.9 Å². The molecule has 0 radical (unpaired) electrons. The standard InChI is InChI=1S/C17H25FN2O2.ClH/c1-17(2,13-5-3-4-6-14(13)18)11-20-16(21)15(19)12-7-9-22-10-8-12;/h3-6,12,15H,7-11,19H2,1-2H3,(H,20,21);1H. The number of benzene rings is 1. The number of rotatable bonds is 5. The van der Waals surface area contributed by atoms with Crippen molar-refractivity contribution in [3.63, 3.8) is 0 Å². The second-order valence-electron chi connectivity index (χ2n) is 6.56. The third-order valence-corrected chi connectivity index (χ3v) is 4.38. The molecular weight excluding hydrogens is 319 g/mol. The zero-order valence-corrected chi connectivity index (χ0v) is 14.5. The maximum absolute atomic E-state index is 13.9. The Morgan fingerprint density at radius 1 is 1.39 bits per heavy atom. The van der Waals surface area contributed by atoms with Gasteiger partial charge in [-0.25, -0.2) is 4.39 Å². The number of hydrogen-bond acceptors (Lipinski definition) is 3. The van der Waals surface area contributed by atoms with Gasteiger partial charge in [0.15, 0.2) is 0 Å². The van der Waals surface area contributed by atoms with Crippen LogP contribution < -0.4 is 11.1 Å². The summed E-state index contributed by atoms with van der Waals surface area (Å²) in [5, 5.41) is 2.87. The number of carbonyl (C=O) groups is 1. The molecule has 1 fully saturated rings. The molecule has 0 aliphatic carbocycles. The fourth-order valence-corrected chi connectivity index (χ4v) is 2.82. The first-order valence-electron chi connectivity index (χ1n) is 7.78. The van der Waals surface area contributed by atoms with Crippen molar-refractivity contribution in [2.24, 2.45) is 11.7 Å². The van der Waals surface area contributed by atoms with Gasteiger partial charge in [-0.3, -0.25) is 4.79 Å². The van der Waals surface area contributed by atoms with E-state index in [0.717, 1.165) is 12.8 Å². The summed E-state index contributed by atoms with van der Waals surface area (Å²) < 4.78 is 19.2. The van der Waals surface area contributed by atoms with Crippen molar-refractivity contribution in [2.75, 3.05) is 19.8 Å².